The van der Waals surface area contributed by atoms with Crippen molar-refractivity contribution in [3.05, 3.63) is 70.1 Å². The van der Waals surface area contributed by atoms with Crippen LogP contribution in [-0.2, 0) is 16.6 Å². The molecule has 35 heavy (non-hydrogen) atoms. The van der Waals surface area contributed by atoms with Crippen molar-refractivity contribution >= 4 is 29.0 Å². The van der Waals surface area contributed by atoms with Crippen LogP contribution in [0.15, 0.2) is 53.4 Å². The molecule has 2 amide bonds. The average molecular weight is 488 g/mol. The lowest BCUT2D eigenvalue weighted by Crippen LogP contribution is -2.48. The fourth-order valence-corrected chi connectivity index (χ4v) is 8.32. The van der Waals surface area contributed by atoms with E-state index < -0.39 is 0 Å². The number of benzene rings is 2. The van der Waals surface area contributed by atoms with E-state index in [2.05, 4.69) is 18.2 Å². The molecule has 4 saturated carbocycles. The predicted octanol–water partition coefficient (Wildman–Crippen LogP) is 6.83. The van der Waals surface area contributed by atoms with Gasteiger partial charge >= 0.3 is 0 Å². The van der Waals surface area contributed by atoms with Gasteiger partial charge in [-0.05, 0) is 116 Å². The van der Waals surface area contributed by atoms with Gasteiger partial charge in [0.15, 0.2) is 0 Å². The van der Waals surface area contributed by atoms with Crippen molar-refractivity contribution in [2.45, 2.75) is 57.3 Å². The molecule has 2 aromatic carbocycles. The van der Waals surface area contributed by atoms with E-state index in [1.54, 1.807) is 0 Å². The van der Waals surface area contributed by atoms with E-state index in [9.17, 15) is 9.59 Å². The van der Waals surface area contributed by atoms with Gasteiger partial charge in [0.1, 0.15) is 5.75 Å². The molecule has 1 heterocycles. The van der Waals surface area contributed by atoms with Crippen LogP contribution in [0.25, 0.3) is 6.08 Å². The number of hydrogen-bond acceptors (Lipinski definition) is 4. The first kappa shape index (κ1) is 22.9. The molecule has 4 bridgehead atoms. The molecular weight excluding hydrogens is 454 g/mol. The molecule has 5 fully saturated rings. The van der Waals surface area contributed by atoms with E-state index in [-0.39, 0.29) is 16.6 Å². The molecule has 0 spiro atoms. The first-order valence-electron chi connectivity index (χ1n) is 13.1. The van der Waals surface area contributed by atoms with Gasteiger partial charge in [-0.3, -0.25) is 14.5 Å². The summed E-state index contributed by atoms with van der Waals surface area (Å²) in [6.07, 6.45) is 10.7. The number of thioether (sulfide) groups is 1. The lowest BCUT2D eigenvalue weighted by Gasteiger charge is -2.57. The van der Waals surface area contributed by atoms with Gasteiger partial charge in [-0.25, -0.2) is 0 Å². The fraction of sp³-hybridized carbons (Fsp3) is 0.467. The number of imide groups is 1. The molecule has 5 heteroatoms. The summed E-state index contributed by atoms with van der Waals surface area (Å²) in [5.41, 5.74) is 3.72. The van der Waals surface area contributed by atoms with E-state index in [4.69, 9.17) is 4.74 Å². The Morgan fingerprint density at radius 3 is 2.34 bits per heavy atom. The Balaban J connectivity index is 1.27. The Kier molecular flexibility index (Phi) is 6.00. The minimum absolute atomic E-state index is 0.188. The Bertz CT molecular complexity index is 1140. The van der Waals surface area contributed by atoms with Crippen LogP contribution in [0.5, 0.6) is 5.75 Å². The maximum Gasteiger partial charge on any atom is 0.293 e. The van der Waals surface area contributed by atoms with Gasteiger partial charge in [0.2, 0.25) is 0 Å². The highest BCUT2D eigenvalue weighted by atomic mass is 32.2. The van der Waals surface area contributed by atoms with Crippen LogP contribution in [0.3, 0.4) is 0 Å². The molecule has 0 radical (unpaired) electrons. The Labute approximate surface area is 212 Å². The van der Waals surface area contributed by atoms with Crippen LogP contribution in [0, 0.1) is 17.8 Å². The summed E-state index contributed by atoms with van der Waals surface area (Å²) in [7, 11) is 0. The summed E-state index contributed by atoms with van der Waals surface area (Å²) in [6.45, 7) is 2.95. The second-order valence-corrected chi connectivity index (χ2v) is 11.9. The third-order valence-electron chi connectivity index (χ3n) is 8.59. The molecule has 0 unspecified atom stereocenters. The minimum atomic E-state index is -0.196. The van der Waals surface area contributed by atoms with Crippen molar-refractivity contribution in [2.24, 2.45) is 17.8 Å². The van der Waals surface area contributed by atoms with Gasteiger partial charge < -0.3 is 4.74 Å². The molecule has 4 nitrogen and oxygen atoms in total. The van der Waals surface area contributed by atoms with Crippen LogP contribution < -0.4 is 4.74 Å². The summed E-state index contributed by atoms with van der Waals surface area (Å²) in [4.78, 5) is 27.8. The molecule has 0 N–H and O–H groups in total. The van der Waals surface area contributed by atoms with Gasteiger partial charge in [-0.15, -0.1) is 0 Å². The van der Waals surface area contributed by atoms with Gasteiger partial charge in [-0.2, -0.15) is 0 Å². The van der Waals surface area contributed by atoms with Crippen molar-refractivity contribution in [1.82, 2.24) is 4.90 Å². The highest BCUT2D eigenvalue weighted by molar-refractivity contribution is 8.18. The maximum atomic E-state index is 13.2. The molecule has 4 aliphatic carbocycles. The zero-order valence-corrected chi connectivity index (χ0v) is 21.2. The number of ether oxygens (including phenoxy) is 1. The number of carbonyl (C=O) groups excluding carboxylic acids is 2. The molecular formula is C30H33NO3S. The summed E-state index contributed by atoms with van der Waals surface area (Å²) >= 11 is 1.05. The van der Waals surface area contributed by atoms with Gasteiger partial charge in [-0.1, -0.05) is 36.4 Å². The van der Waals surface area contributed by atoms with Crippen LogP contribution >= 0.6 is 11.8 Å². The second kappa shape index (κ2) is 9.16. The van der Waals surface area contributed by atoms with Crippen LogP contribution in [0.1, 0.15) is 62.1 Å². The minimum Gasteiger partial charge on any atom is -0.493 e. The van der Waals surface area contributed by atoms with Crippen molar-refractivity contribution in [2.75, 3.05) is 13.2 Å². The molecule has 1 saturated heterocycles. The number of amides is 2. The fourth-order valence-electron chi connectivity index (χ4n) is 7.46. The monoisotopic (exact) mass is 487 g/mol. The van der Waals surface area contributed by atoms with Crippen molar-refractivity contribution in [1.29, 1.82) is 0 Å². The molecule has 0 aromatic heterocycles. The summed E-state index contributed by atoms with van der Waals surface area (Å²) in [5.74, 6) is 3.21. The first-order valence-corrected chi connectivity index (χ1v) is 13.9. The molecule has 0 atom stereocenters. The number of nitrogens with zero attached hydrogens (tertiary/aromatic N) is 1. The summed E-state index contributed by atoms with van der Waals surface area (Å²) < 4.78 is 5.95. The standard InChI is InChI=1S/C30H33NO3S/c1-2-34-26-9-8-25(30-17-21-12-22(18-30)14-23(13-21)19-30)15-24(26)16-27-28(32)31(29(33)35-27)11-10-20-6-4-3-5-7-20/h3-9,15-16,21-23H,2,10-14,17-19H2,1H3/b27-16+. The first-order chi connectivity index (χ1) is 17.0. The molecule has 7 rings (SSSR count). The van der Waals surface area contributed by atoms with E-state index in [1.165, 1.54) is 49.0 Å². The molecule has 182 valence electrons. The van der Waals surface area contributed by atoms with E-state index in [1.807, 2.05) is 43.3 Å². The van der Waals surface area contributed by atoms with Crippen molar-refractivity contribution in [3.8, 4) is 5.75 Å². The zero-order valence-electron chi connectivity index (χ0n) is 20.4. The third-order valence-corrected chi connectivity index (χ3v) is 9.49. The molecule has 1 aliphatic heterocycles. The summed E-state index contributed by atoms with van der Waals surface area (Å²) in [5, 5.41) is -0.188. The number of hydrogen-bond donors (Lipinski definition) is 0. The van der Waals surface area contributed by atoms with Gasteiger partial charge in [0.25, 0.3) is 11.1 Å². The number of carbonyl (C=O) groups is 2. The van der Waals surface area contributed by atoms with Crippen LogP contribution in [0.2, 0.25) is 0 Å². The number of rotatable bonds is 7. The smallest absolute Gasteiger partial charge is 0.293 e. The zero-order chi connectivity index (χ0) is 24.0. The van der Waals surface area contributed by atoms with Crippen molar-refractivity contribution < 1.29 is 14.3 Å². The van der Waals surface area contributed by atoms with E-state index in [0.29, 0.717) is 24.5 Å². The van der Waals surface area contributed by atoms with Crippen LogP contribution in [-0.4, -0.2) is 29.2 Å². The Morgan fingerprint density at radius 1 is 1.00 bits per heavy atom. The third kappa shape index (κ3) is 4.33. The van der Waals surface area contributed by atoms with Gasteiger partial charge in [0, 0.05) is 12.1 Å². The Hall–Kier alpha value is -2.53. The molecule has 2 aromatic rings. The van der Waals surface area contributed by atoms with E-state index >= 15 is 0 Å². The Morgan fingerprint density at radius 2 is 1.69 bits per heavy atom. The average Bonchev–Trinajstić information content (AvgIpc) is 3.10. The lowest BCUT2D eigenvalue weighted by atomic mass is 9.48. The highest BCUT2D eigenvalue weighted by Crippen LogP contribution is 2.61. The lowest BCUT2D eigenvalue weighted by molar-refractivity contribution is -0.122. The summed E-state index contributed by atoms with van der Waals surface area (Å²) in [6, 6.07) is 16.6. The second-order valence-electron chi connectivity index (χ2n) is 11.0. The van der Waals surface area contributed by atoms with Crippen molar-refractivity contribution in [3.63, 3.8) is 0 Å². The maximum absolute atomic E-state index is 13.2. The van der Waals surface area contributed by atoms with Gasteiger partial charge in [0.05, 0.1) is 11.5 Å². The largest absolute Gasteiger partial charge is 0.493 e. The molecule has 5 aliphatic rings. The highest BCUT2D eigenvalue weighted by Gasteiger charge is 2.51. The quantitative estimate of drug-likeness (QED) is 0.402. The van der Waals surface area contributed by atoms with E-state index in [0.717, 1.165) is 46.4 Å². The normalized spacial score (nSPS) is 30.5. The SMILES string of the molecule is CCOc1ccc(C23CC4CC(CC(C4)C2)C3)cc1/C=C1/SC(=O)N(CCc2ccccc2)C1=O. The van der Waals surface area contributed by atoms with Crippen LogP contribution in [0.4, 0.5) is 4.79 Å². The topological polar surface area (TPSA) is 46.6 Å². The predicted molar refractivity (Wildman–Crippen MR) is 140 cm³/mol.